The van der Waals surface area contributed by atoms with E-state index in [2.05, 4.69) is 13.8 Å². The highest BCUT2D eigenvalue weighted by Gasteiger charge is 2.39. The van der Waals surface area contributed by atoms with Crippen molar-refractivity contribution in [2.24, 2.45) is 5.41 Å². The van der Waals surface area contributed by atoms with Gasteiger partial charge in [0.15, 0.2) is 0 Å². The van der Waals surface area contributed by atoms with Crippen LogP contribution in [0.15, 0.2) is 24.3 Å². The molecule has 0 saturated heterocycles. The molecule has 0 aromatic heterocycles. The van der Waals surface area contributed by atoms with E-state index in [1.54, 1.807) is 0 Å². The molecule has 1 aliphatic carbocycles. The first kappa shape index (κ1) is 14.4. The molecule has 2 heteroatoms. The van der Waals surface area contributed by atoms with Gasteiger partial charge in [0.05, 0.1) is 12.7 Å². The molecule has 19 heavy (non-hydrogen) atoms. The van der Waals surface area contributed by atoms with Crippen molar-refractivity contribution in [1.29, 1.82) is 0 Å². The van der Waals surface area contributed by atoms with E-state index in [9.17, 15) is 5.11 Å². The minimum absolute atomic E-state index is 0.103. The molecule has 1 N–H and O–H groups in total. The molecule has 1 saturated carbocycles. The number of aliphatic hydroxyl groups is 1. The summed E-state index contributed by atoms with van der Waals surface area (Å²) >= 11 is 0. The Bertz CT molecular complexity index is 377. The van der Waals surface area contributed by atoms with Crippen molar-refractivity contribution < 1.29 is 9.84 Å². The number of rotatable bonds is 6. The zero-order valence-corrected chi connectivity index (χ0v) is 12.2. The maximum atomic E-state index is 10.7. The Labute approximate surface area is 116 Å². The van der Waals surface area contributed by atoms with Crippen LogP contribution in [0.3, 0.4) is 0 Å². The summed E-state index contributed by atoms with van der Waals surface area (Å²) in [5.41, 5.74) is 1.14. The van der Waals surface area contributed by atoms with Gasteiger partial charge in [0, 0.05) is 5.41 Å². The SMILES string of the molecule is CCCOc1ccc(C(O)C2(CC)CCCC2)cc1. The van der Waals surface area contributed by atoms with E-state index in [0.717, 1.165) is 43.6 Å². The fourth-order valence-corrected chi connectivity index (χ4v) is 3.22. The Balaban J connectivity index is 2.08. The first-order valence-corrected chi connectivity index (χ1v) is 7.62. The van der Waals surface area contributed by atoms with Gasteiger partial charge in [-0.1, -0.05) is 38.8 Å². The summed E-state index contributed by atoms with van der Waals surface area (Å²) in [5.74, 6) is 0.898. The molecule has 0 bridgehead atoms. The number of hydrogen-bond donors (Lipinski definition) is 1. The summed E-state index contributed by atoms with van der Waals surface area (Å²) in [6, 6.07) is 8.00. The van der Waals surface area contributed by atoms with Crippen molar-refractivity contribution >= 4 is 0 Å². The predicted molar refractivity (Wildman–Crippen MR) is 78.4 cm³/mol. The van der Waals surface area contributed by atoms with Crippen LogP contribution >= 0.6 is 0 Å². The summed E-state index contributed by atoms with van der Waals surface area (Å²) in [6.07, 6.45) is 6.55. The van der Waals surface area contributed by atoms with E-state index >= 15 is 0 Å². The molecule has 0 heterocycles. The second-order valence-corrected chi connectivity index (χ2v) is 5.74. The van der Waals surface area contributed by atoms with Crippen LogP contribution < -0.4 is 4.74 Å². The molecule has 1 aliphatic rings. The molecular formula is C17H26O2. The van der Waals surface area contributed by atoms with Crippen molar-refractivity contribution in [2.45, 2.75) is 58.5 Å². The lowest BCUT2D eigenvalue weighted by atomic mass is 9.75. The van der Waals surface area contributed by atoms with E-state index in [4.69, 9.17) is 4.74 Å². The van der Waals surface area contributed by atoms with E-state index in [1.807, 2.05) is 24.3 Å². The average Bonchev–Trinajstić information content (AvgIpc) is 2.95. The predicted octanol–water partition coefficient (Wildman–Crippen LogP) is 4.48. The third kappa shape index (κ3) is 3.11. The van der Waals surface area contributed by atoms with Gasteiger partial charge < -0.3 is 9.84 Å². The minimum atomic E-state index is -0.333. The van der Waals surface area contributed by atoms with E-state index in [-0.39, 0.29) is 11.5 Å². The normalized spacial score (nSPS) is 19.3. The molecule has 0 aliphatic heterocycles. The summed E-state index contributed by atoms with van der Waals surface area (Å²) in [7, 11) is 0. The van der Waals surface area contributed by atoms with Gasteiger partial charge in [-0.3, -0.25) is 0 Å². The molecule has 0 spiro atoms. The zero-order chi connectivity index (χ0) is 13.7. The maximum absolute atomic E-state index is 10.7. The molecule has 1 aromatic rings. The van der Waals surface area contributed by atoms with Crippen molar-refractivity contribution in [3.63, 3.8) is 0 Å². The second-order valence-electron chi connectivity index (χ2n) is 5.74. The Morgan fingerprint density at radius 2 is 1.79 bits per heavy atom. The van der Waals surface area contributed by atoms with E-state index in [0.29, 0.717) is 0 Å². The standard InChI is InChI=1S/C17H26O2/c1-3-13-19-15-9-7-14(8-10-15)16(18)17(4-2)11-5-6-12-17/h7-10,16,18H,3-6,11-13H2,1-2H3. The number of benzene rings is 1. The van der Waals surface area contributed by atoms with Crippen LogP contribution in [0.5, 0.6) is 5.75 Å². The monoisotopic (exact) mass is 262 g/mol. The summed E-state index contributed by atoms with van der Waals surface area (Å²) in [5, 5.41) is 10.7. The van der Waals surface area contributed by atoms with Crippen molar-refractivity contribution in [3.05, 3.63) is 29.8 Å². The Morgan fingerprint density at radius 3 is 2.32 bits per heavy atom. The summed E-state index contributed by atoms with van der Waals surface area (Å²) in [4.78, 5) is 0. The Kier molecular flexibility index (Phi) is 4.87. The van der Waals surface area contributed by atoms with Gasteiger partial charge in [-0.25, -0.2) is 0 Å². The van der Waals surface area contributed by atoms with Gasteiger partial charge >= 0.3 is 0 Å². The highest BCUT2D eigenvalue weighted by Crippen LogP contribution is 2.50. The molecule has 106 valence electrons. The first-order chi connectivity index (χ1) is 9.22. The van der Waals surface area contributed by atoms with Crippen LogP contribution in [0.1, 0.15) is 64.0 Å². The average molecular weight is 262 g/mol. The smallest absolute Gasteiger partial charge is 0.119 e. The molecule has 1 atom stereocenters. The molecule has 0 amide bonds. The molecule has 1 unspecified atom stereocenters. The van der Waals surface area contributed by atoms with Crippen molar-refractivity contribution in [1.82, 2.24) is 0 Å². The van der Waals surface area contributed by atoms with Crippen molar-refractivity contribution in [2.75, 3.05) is 6.61 Å². The zero-order valence-electron chi connectivity index (χ0n) is 12.2. The molecular weight excluding hydrogens is 236 g/mol. The Morgan fingerprint density at radius 1 is 1.16 bits per heavy atom. The fourth-order valence-electron chi connectivity index (χ4n) is 3.22. The van der Waals surface area contributed by atoms with Crippen LogP contribution in [-0.2, 0) is 0 Å². The third-order valence-electron chi connectivity index (χ3n) is 4.55. The number of aliphatic hydroxyl groups excluding tert-OH is 1. The van der Waals surface area contributed by atoms with E-state index < -0.39 is 0 Å². The fraction of sp³-hybridized carbons (Fsp3) is 0.647. The Hall–Kier alpha value is -1.02. The van der Waals surface area contributed by atoms with Crippen molar-refractivity contribution in [3.8, 4) is 5.75 Å². The summed E-state index contributed by atoms with van der Waals surface area (Å²) < 4.78 is 5.59. The first-order valence-electron chi connectivity index (χ1n) is 7.62. The van der Waals surface area contributed by atoms with Crippen LogP contribution in [0.25, 0.3) is 0 Å². The quantitative estimate of drug-likeness (QED) is 0.819. The molecule has 1 aromatic carbocycles. The maximum Gasteiger partial charge on any atom is 0.119 e. The number of hydrogen-bond acceptors (Lipinski definition) is 2. The van der Waals surface area contributed by atoms with Gasteiger partial charge in [0.25, 0.3) is 0 Å². The van der Waals surface area contributed by atoms with Gasteiger partial charge in [0.2, 0.25) is 0 Å². The topological polar surface area (TPSA) is 29.5 Å². The van der Waals surface area contributed by atoms with Crippen LogP contribution in [-0.4, -0.2) is 11.7 Å². The molecule has 2 nitrogen and oxygen atoms in total. The second kappa shape index (κ2) is 6.42. The lowest BCUT2D eigenvalue weighted by molar-refractivity contribution is 0.0237. The minimum Gasteiger partial charge on any atom is -0.494 e. The van der Waals surface area contributed by atoms with Gasteiger partial charge in [-0.2, -0.15) is 0 Å². The largest absolute Gasteiger partial charge is 0.494 e. The van der Waals surface area contributed by atoms with E-state index in [1.165, 1.54) is 12.8 Å². The molecule has 1 fully saturated rings. The van der Waals surface area contributed by atoms with Crippen LogP contribution in [0.4, 0.5) is 0 Å². The third-order valence-corrected chi connectivity index (χ3v) is 4.55. The molecule has 2 rings (SSSR count). The summed E-state index contributed by atoms with van der Waals surface area (Å²) in [6.45, 7) is 5.05. The molecule has 0 radical (unpaired) electrons. The van der Waals surface area contributed by atoms with Gasteiger partial charge in [-0.05, 0) is 43.4 Å². The van der Waals surface area contributed by atoms with Gasteiger partial charge in [-0.15, -0.1) is 0 Å². The lowest BCUT2D eigenvalue weighted by Crippen LogP contribution is -2.25. The highest BCUT2D eigenvalue weighted by molar-refractivity contribution is 5.29. The van der Waals surface area contributed by atoms with Crippen LogP contribution in [0.2, 0.25) is 0 Å². The highest BCUT2D eigenvalue weighted by atomic mass is 16.5. The number of ether oxygens (including phenoxy) is 1. The lowest BCUT2D eigenvalue weighted by Gasteiger charge is -2.33. The van der Waals surface area contributed by atoms with Crippen LogP contribution in [0, 0.1) is 5.41 Å². The van der Waals surface area contributed by atoms with Gasteiger partial charge in [0.1, 0.15) is 5.75 Å².